The number of nitrogens with one attached hydrogen (secondary N) is 2. The monoisotopic (exact) mass is 497 g/mol. The van der Waals surface area contributed by atoms with E-state index in [0.717, 1.165) is 6.42 Å². The molecule has 0 aliphatic carbocycles. The third-order valence-corrected chi connectivity index (χ3v) is 5.71. The maximum absolute atomic E-state index is 12.7. The molecule has 0 radical (unpaired) electrons. The molecule has 1 unspecified atom stereocenters. The Bertz CT molecular complexity index is 1030. The minimum atomic E-state index is -0.847. The van der Waals surface area contributed by atoms with E-state index in [2.05, 4.69) is 10.6 Å². The number of hydrogen-bond acceptors (Lipinski definition) is 6. The molecule has 1 saturated heterocycles. The van der Waals surface area contributed by atoms with Crippen molar-refractivity contribution >= 4 is 35.1 Å². The predicted molar refractivity (Wildman–Crippen MR) is 136 cm³/mol. The van der Waals surface area contributed by atoms with Crippen LogP contribution in [0.2, 0.25) is 0 Å². The van der Waals surface area contributed by atoms with Crippen molar-refractivity contribution in [3.05, 3.63) is 65.7 Å². The van der Waals surface area contributed by atoms with Crippen LogP contribution in [0.5, 0.6) is 5.75 Å². The maximum atomic E-state index is 12.7. The Morgan fingerprint density at radius 2 is 1.86 bits per heavy atom. The fourth-order valence-corrected chi connectivity index (χ4v) is 3.99. The number of carbonyl (C=O) groups excluding carboxylic acids is 3. The summed E-state index contributed by atoms with van der Waals surface area (Å²) in [5, 5.41) is 5.50. The SMILES string of the molecule is CC(C)Oc1ccc(C(=O)NC(=S)N2CCNC(=O)C2CC(=O)OCCCc2ccccc2)cc1. The Balaban J connectivity index is 1.51. The normalized spacial score (nSPS) is 15.3. The molecule has 1 atom stereocenters. The molecule has 1 fully saturated rings. The van der Waals surface area contributed by atoms with E-state index in [9.17, 15) is 14.4 Å². The van der Waals surface area contributed by atoms with E-state index in [1.54, 1.807) is 29.2 Å². The van der Waals surface area contributed by atoms with Gasteiger partial charge in [0, 0.05) is 18.7 Å². The van der Waals surface area contributed by atoms with Gasteiger partial charge in [-0.05, 0) is 68.7 Å². The number of nitrogens with zero attached hydrogens (tertiary/aromatic N) is 1. The van der Waals surface area contributed by atoms with Gasteiger partial charge in [-0.3, -0.25) is 19.7 Å². The number of esters is 1. The quantitative estimate of drug-likeness (QED) is 0.312. The molecular weight excluding hydrogens is 466 g/mol. The van der Waals surface area contributed by atoms with Crippen molar-refractivity contribution in [3.63, 3.8) is 0 Å². The molecule has 1 aliphatic rings. The topological polar surface area (TPSA) is 97.0 Å². The van der Waals surface area contributed by atoms with E-state index in [1.807, 2.05) is 44.2 Å². The molecule has 1 heterocycles. The predicted octanol–water partition coefficient (Wildman–Crippen LogP) is 2.86. The minimum Gasteiger partial charge on any atom is -0.491 e. The second-order valence-corrected chi connectivity index (χ2v) is 8.85. The number of benzene rings is 2. The van der Waals surface area contributed by atoms with E-state index in [-0.39, 0.29) is 30.2 Å². The zero-order valence-electron chi connectivity index (χ0n) is 20.0. The lowest BCUT2D eigenvalue weighted by Crippen LogP contribution is -2.60. The molecule has 2 aromatic rings. The molecule has 35 heavy (non-hydrogen) atoms. The summed E-state index contributed by atoms with van der Waals surface area (Å²) < 4.78 is 10.9. The Labute approximate surface area is 211 Å². The molecule has 0 saturated carbocycles. The van der Waals surface area contributed by atoms with Crippen LogP contribution in [0.1, 0.15) is 42.6 Å². The highest BCUT2D eigenvalue weighted by Crippen LogP contribution is 2.15. The number of carbonyl (C=O) groups is 3. The summed E-state index contributed by atoms with van der Waals surface area (Å²) in [7, 11) is 0. The summed E-state index contributed by atoms with van der Waals surface area (Å²) >= 11 is 5.41. The van der Waals surface area contributed by atoms with Crippen LogP contribution in [-0.4, -0.2) is 59.6 Å². The van der Waals surface area contributed by atoms with E-state index >= 15 is 0 Å². The number of hydrogen-bond donors (Lipinski definition) is 2. The van der Waals surface area contributed by atoms with Crippen LogP contribution >= 0.6 is 12.2 Å². The molecule has 0 bridgehead atoms. The molecule has 9 heteroatoms. The largest absolute Gasteiger partial charge is 0.491 e. The average Bonchev–Trinajstić information content (AvgIpc) is 2.83. The van der Waals surface area contributed by atoms with Crippen LogP contribution in [0.3, 0.4) is 0 Å². The van der Waals surface area contributed by atoms with Gasteiger partial charge < -0.3 is 19.7 Å². The maximum Gasteiger partial charge on any atom is 0.308 e. The Morgan fingerprint density at radius 3 is 2.54 bits per heavy atom. The van der Waals surface area contributed by atoms with Crippen LogP contribution < -0.4 is 15.4 Å². The second kappa shape index (κ2) is 12.9. The third kappa shape index (κ3) is 8.06. The lowest BCUT2D eigenvalue weighted by atomic mass is 10.1. The molecule has 1 aliphatic heterocycles. The third-order valence-electron chi connectivity index (χ3n) is 5.38. The first-order valence-electron chi connectivity index (χ1n) is 11.7. The van der Waals surface area contributed by atoms with Crippen molar-refractivity contribution in [2.45, 2.75) is 45.3 Å². The van der Waals surface area contributed by atoms with Gasteiger partial charge in [-0.1, -0.05) is 30.3 Å². The zero-order valence-corrected chi connectivity index (χ0v) is 20.8. The lowest BCUT2D eigenvalue weighted by Gasteiger charge is -2.36. The van der Waals surface area contributed by atoms with Gasteiger partial charge in [0.2, 0.25) is 5.91 Å². The average molecular weight is 498 g/mol. The first kappa shape index (κ1) is 26.2. The summed E-state index contributed by atoms with van der Waals surface area (Å²) in [5.41, 5.74) is 1.57. The van der Waals surface area contributed by atoms with Gasteiger partial charge in [-0.15, -0.1) is 0 Å². The van der Waals surface area contributed by atoms with Gasteiger partial charge in [-0.2, -0.15) is 0 Å². The van der Waals surface area contributed by atoms with Crippen molar-refractivity contribution in [3.8, 4) is 5.75 Å². The van der Waals surface area contributed by atoms with Crippen LogP contribution in [0, 0.1) is 0 Å². The molecule has 186 valence electrons. The highest BCUT2D eigenvalue weighted by atomic mass is 32.1. The van der Waals surface area contributed by atoms with E-state index in [0.29, 0.717) is 30.8 Å². The Hall–Kier alpha value is -3.46. The molecular formula is C26H31N3O5S. The minimum absolute atomic E-state index is 0.0278. The smallest absolute Gasteiger partial charge is 0.308 e. The number of ether oxygens (including phenoxy) is 2. The number of piperazine rings is 1. The fraction of sp³-hybridized carbons (Fsp3) is 0.385. The summed E-state index contributed by atoms with van der Waals surface area (Å²) in [4.78, 5) is 39.1. The molecule has 0 spiro atoms. The number of rotatable bonds is 9. The fourth-order valence-electron chi connectivity index (χ4n) is 3.68. The van der Waals surface area contributed by atoms with Gasteiger partial charge in [0.05, 0.1) is 19.1 Å². The Kier molecular flexibility index (Phi) is 9.60. The highest BCUT2D eigenvalue weighted by molar-refractivity contribution is 7.80. The van der Waals surface area contributed by atoms with Gasteiger partial charge >= 0.3 is 5.97 Å². The van der Waals surface area contributed by atoms with Gasteiger partial charge in [0.1, 0.15) is 11.8 Å². The lowest BCUT2D eigenvalue weighted by molar-refractivity contribution is -0.147. The number of amides is 2. The van der Waals surface area contributed by atoms with Crippen molar-refractivity contribution in [1.82, 2.24) is 15.5 Å². The standard InChI is InChI=1S/C26H31N3O5S/c1-18(2)34-21-12-10-20(11-13-21)24(31)28-26(35)29-15-14-27-25(32)22(29)17-23(30)33-16-6-9-19-7-4-3-5-8-19/h3-5,7-8,10-13,18,22H,6,9,14-17H2,1-2H3,(H,27,32)(H,28,31,35). The molecule has 2 N–H and O–H groups in total. The van der Waals surface area contributed by atoms with Crippen LogP contribution in [0.4, 0.5) is 0 Å². The second-order valence-electron chi connectivity index (χ2n) is 8.46. The summed E-state index contributed by atoms with van der Waals surface area (Å²) in [6.07, 6.45) is 1.35. The van der Waals surface area contributed by atoms with Crippen molar-refractivity contribution in [2.75, 3.05) is 19.7 Å². The van der Waals surface area contributed by atoms with E-state index in [1.165, 1.54) is 5.56 Å². The molecule has 2 amide bonds. The molecule has 2 aromatic carbocycles. The van der Waals surface area contributed by atoms with Gasteiger partial charge in [0.25, 0.3) is 5.91 Å². The Morgan fingerprint density at radius 1 is 1.14 bits per heavy atom. The summed E-state index contributed by atoms with van der Waals surface area (Å²) in [6.45, 7) is 4.84. The molecule has 8 nitrogen and oxygen atoms in total. The van der Waals surface area contributed by atoms with E-state index < -0.39 is 17.9 Å². The van der Waals surface area contributed by atoms with Gasteiger partial charge in [0.15, 0.2) is 5.11 Å². The number of aryl methyl sites for hydroxylation is 1. The number of thiocarbonyl (C=S) groups is 1. The van der Waals surface area contributed by atoms with Crippen LogP contribution in [0.25, 0.3) is 0 Å². The van der Waals surface area contributed by atoms with Crippen LogP contribution in [-0.2, 0) is 20.7 Å². The summed E-state index contributed by atoms with van der Waals surface area (Å²) in [6, 6.07) is 15.8. The van der Waals surface area contributed by atoms with Crippen LogP contribution in [0.15, 0.2) is 54.6 Å². The van der Waals surface area contributed by atoms with E-state index in [4.69, 9.17) is 21.7 Å². The molecule has 3 rings (SSSR count). The molecule has 0 aromatic heterocycles. The van der Waals surface area contributed by atoms with Crippen molar-refractivity contribution < 1.29 is 23.9 Å². The zero-order chi connectivity index (χ0) is 25.2. The summed E-state index contributed by atoms with van der Waals surface area (Å²) in [5.74, 6) is -0.558. The highest BCUT2D eigenvalue weighted by Gasteiger charge is 2.34. The van der Waals surface area contributed by atoms with Gasteiger partial charge in [-0.25, -0.2) is 0 Å². The van der Waals surface area contributed by atoms with Crippen molar-refractivity contribution in [1.29, 1.82) is 0 Å². The first-order valence-corrected chi connectivity index (χ1v) is 12.1. The first-order chi connectivity index (χ1) is 16.8. The van der Waals surface area contributed by atoms with Crippen molar-refractivity contribution in [2.24, 2.45) is 0 Å².